The van der Waals surface area contributed by atoms with Crippen LogP contribution in [0.1, 0.15) is 10.4 Å². The topological polar surface area (TPSA) is 86.6 Å². The predicted octanol–water partition coefficient (Wildman–Crippen LogP) is 0.654. The first-order chi connectivity index (χ1) is 7.93. The van der Waals surface area contributed by atoms with Gasteiger partial charge in [-0.3, -0.25) is 4.79 Å². The minimum Gasteiger partial charge on any atom is -0.479 e. The molecule has 5 nitrogen and oxygen atoms in total. The van der Waals surface area contributed by atoms with E-state index >= 15 is 0 Å². The molecule has 0 aliphatic carbocycles. The summed E-state index contributed by atoms with van der Waals surface area (Å²) in [6, 6.07) is 3.86. The van der Waals surface area contributed by atoms with Gasteiger partial charge in [-0.15, -0.1) is 0 Å². The number of carboxylic acids is 1. The van der Waals surface area contributed by atoms with Crippen molar-refractivity contribution in [3.8, 4) is 0 Å². The lowest BCUT2D eigenvalue weighted by Gasteiger charge is -2.08. The number of aliphatic hydroxyl groups excluding tert-OH is 1. The molecule has 7 heteroatoms. The molecule has 0 fully saturated rings. The summed E-state index contributed by atoms with van der Waals surface area (Å²) in [5.74, 6) is -3.21. The first-order valence-electron chi connectivity index (χ1n) is 4.56. The van der Waals surface area contributed by atoms with Crippen molar-refractivity contribution in [1.29, 1.82) is 0 Å². The average Bonchev–Trinajstić information content (AvgIpc) is 2.29. The third-order valence-corrected chi connectivity index (χ3v) is 2.23. The summed E-state index contributed by atoms with van der Waals surface area (Å²) >= 11 is 5.47. The molecular formula is C10H9ClFNO4. The zero-order valence-corrected chi connectivity index (χ0v) is 9.24. The molecule has 1 rings (SSSR count). The molecule has 17 heavy (non-hydrogen) atoms. The van der Waals surface area contributed by atoms with E-state index in [0.717, 1.165) is 0 Å². The molecule has 0 heterocycles. The highest BCUT2D eigenvalue weighted by Crippen LogP contribution is 2.17. The fraction of sp³-hybridized carbons (Fsp3) is 0.200. The molecule has 1 atom stereocenters. The van der Waals surface area contributed by atoms with Gasteiger partial charge in [0.25, 0.3) is 5.91 Å². The standard InChI is InChI=1S/C10H9ClFNO4/c11-6-3-1-2-5(8(6)12)9(15)13-4-7(14)10(16)17/h1-3,7,14H,4H2,(H,13,15)(H,16,17)/t7-/m0/s1. The molecule has 1 amide bonds. The van der Waals surface area contributed by atoms with Crippen molar-refractivity contribution < 1.29 is 24.2 Å². The van der Waals surface area contributed by atoms with E-state index in [0.29, 0.717) is 0 Å². The van der Waals surface area contributed by atoms with Crippen LogP contribution in [-0.2, 0) is 4.79 Å². The van der Waals surface area contributed by atoms with E-state index < -0.39 is 30.3 Å². The van der Waals surface area contributed by atoms with Crippen LogP contribution in [0.25, 0.3) is 0 Å². The number of carboxylic acid groups (broad SMARTS) is 1. The maximum Gasteiger partial charge on any atom is 0.334 e. The van der Waals surface area contributed by atoms with Gasteiger partial charge in [0.2, 0.25) is 0 Å². The lowest BCUT2D eigenvalue weighted by Crippen LogP contribution is -2.36. The van der Waals surface area contributed by atoms with Crippen molar-refractivity contribution >= 4 is 23.5 Å². The molecule has 92 valence electrons. The Bertz CT molecular complexity index is 452. The van der Waals surface area contributed by atoms with Gasteiger partial charge in [-0.2, -0.15) is 0 Å². The molecule has 0 radical (unpaired) electrons. The van der Waals surface area contributed by atoms with Crippen LogP contribution >= 0.6 is 11.6 Å². The highest BCUT2D eigenvalue weighted by molar-refractivity contribution is 6.31. The van der Waals surface area contributed by atoms with Gasteiger partial charge in [0.05, 0.1) is 17.1 Å². The summed E-state index contributed by atoms with van der Waals surface area (Å²) in [4.78, 5) is 21.7. The van der Waals surface area contributed by atoms with Gasteiger partial charge in [0.15, 0.2) is 11.9 Å². The van der Waals surface area contributed by atoms with Crippen LogP contribution < -0.4 is 5.32 Å². The average molecular weight is 262 g/mol. The second kappa shape index (κ2) is 5.60. The summed E-state index contributed by atoms with van der Waals surface area (Å²) in [5.41, 5.74) is -0.310. The van der Waals surface area contributed by atoms with Crippen molar-refractivity contribution in [3.63, 3.8) is 0 Å². The highest BCUT2D eigenvalue weighted by Gasteiger charge is 2.17. The lowest BCUT2D eigenvalue weighted by molar-refractivity contribution is -0.146. The van der Waals surface area contributed by atoms with E-state index in [-0.39, 0.29) is 10.6 Å². The predicted molar refractivity (Wildman–Crippen MR) is 57.4 cm³/mol. The number of carbonyl (C=O) groups excluding carboxylic acids is 1. The molecule has 0 aliphatic rings. The van der Waals surface area contributed by atoms with Crippen molar-refractivity contribution in [2.45, 2.75) is 6.10 Å². The maximum atomic E-state index is 13.4. The van der Waals surface area contributed by atoms with Gasteiger partial charge < -0.3 is 15.5 Å². The van der Waals surface area contributed by atoms with E-state index in [4.69, 9.17) is 21.8 Å². The fourth-order valence-electron chi connectivity index (χ4n) is 1.05. The summed E-state index contributed by atoms with van der Waals surface area (Å²) in [5, 5.41) is 19.1. The summed E-state index contributed by atoms with van der Waals surface area (Å²) < 4.78 is 13.4. The number of carbonyl (C=O) groups is 2. The third-order valence-electron chi connectivity index (χ3n) is 1.94. The van der Waals surface area contributed by atoms with Gasteiger partial charge in [0.1, 0.15) is 0 Å². The smallest absolute Gasteiger partial charge is 0.334 e. The normalized spacial score (nSPS) is 11.9. The van der Waals surface area contributed by atoms with Crippen molar-refractivity contribution in [2.75, 3.05) is 6.54 Å². The molecule has 0 aliphatic heterocycles. The maximum absolute atomic E-state index is 13.4. The molecule has 0 spiro atoms. The lowest BCUT2D eigenvalue weighted by atomic mass is 10.2. The molecule has 1 aromatic carbocycles. The largest absolute Gasteiger partial charge is 0.479 e. The fourth-order valence-corrected chi connectivity index (χ4v) is 1.23. The van der Waals surface area contributed by atoms with Gasteiger partial charge in [-0.1, -0.05) is 17.7 Å². The number of amides is 1. The Kier molecular flexibility index (Phi) is 4.42. The Morgan fingerprint density at radius 2 is 2.12 bits per heavy atom. The zero-order valence-electron chi connectivity index (χ0n) is 8.48. The number of benzene rings is 1. The number of hydrogen-bond acceptors (Lipinski definition) is 3. The molecule has 3 N–H and O–H groups in total. The molecule has 0 saturated heterocycles. The Balaban J connectivity index is 2.71. The number of nitrogens with one attached hydrogen (secondary N) is 1. The minimum atomic E-state index is -1.74. The number of rotatable bonds is 4. The number of aliphatic hydroxyl groups is 1. The van der Waals surface area contributed by atoms with E-state index in [2.05, 4.69) is 5.32 Å². The van der Waals surface area contributed by atoms with Crippen molar-refractivity contribution in [2.24, 2.45) is 0 Å². The Hall–Kier alpha value is -1.66. The molecule has 0 bridgehead atoms. The van der Waals surface area contributed by atoms with E-state index in [1.165, 1.54) is 18.2 Å². The molecule has 0 saturated carbocycles. The molecule has 0 aromatic heterocycles. The van der Waals surface area contributed by atoms with E-state index in [1.807, 2.05) is 0 Å². The van der Waals surface area contributed by atoms with Crippen LogP contribution in [0.15, 0.2) is 18.2 Å². The molecule has 0 unspecified atom stereocenters. The Morgan fingerprint density at radius 1 is 1.47 bits per heavy atom. The number of halogens is 2. The minimum absolute atomic E-state index is 0.212. The Morgan fingerprint density at radius 3 is 2.71 bits per heavy atom. The second-order valence-corrected chi connectivity index (χ2v) is 3.57. The number of aliphatic carboxylic acids is 1. The molecular weight excluding hydrogens is 253 g/mol. The SMILES string of the molecule is O=C(NC[C@H](O)C(=O)O)c1cccc(Cl)c1F. The van der Waals surface area contributed by atoms with E-state index in [9.17, 15) is 14.0 Å². The van der Waals surface area contributed by atoms with Gasteiger partial charge in [-0.25, -0.2) is 9.18 Å². The van der Waals surface area contributed by atoms with Crippen LogP contribution in [0.3, 0.4) is 0 Å². The first kappa shape index (κ1) is 13.4. The zero-order chi connectivity index (χ0) is 13.0. The Labute approximate surface area is 101 Å². The van der Waals surface area contributed by atoms with E-state index in [1.54, 1.807) is 0 Å². The summed E-state index contributed by atoms with van der Waals surface area (Å²) in [6.07, 6.45) is -1.74. The second-order valence-electron chi connectivity index (χ2n) is 3.17. The quantitative estimate of drug-likeness (QED) is 0.743. The van der Waals surface area contributed by atoms with Crippen LogP contribution in [0, 0.1) is 5.82 Å². The van der Waals surface area contributed by atoms with Crippen molar-refractivity contribution in [3.05, 3.63) is 34.6 Å². The monoisotopic (exact) mass is 261 g/mol. The van der Waals surface area contributed by atoms with Crippen LogP contribution in [-0.4, -0.2) is 34.7 Å². The first-order valence-corrected chi connectivity index (χ1v) is 4.94. The third kappa shape index (κ3) is 3.40. The highest BCUT2D eigenvalue weighted by atomic mass is 35.5. The van der Waals surface area contributed by atoms with Gasteiger partial charge >= 0.3 is 5.97 Å². The molecule has 1 aromatic rings. The summed E-state index contributed by atoms with van der Waals surface area (Å²) in [7, 11) is 0. The van der Waals surface area contributed by atoms with Crippen LogP contribution in [0.5, 0.6) is 0 Å². The van der Waals surface area contributed by atoms with Crippen LogP contribution in [0.2, 0.25) is 5.02 Å². The van der Waals surface area contributed by atoms with Gasteiger partial charge in [-0.05, 0) is 12.1 Å². The number of hydrogen-bond donors (Lipinski definition) is 3. The van der Waals surface area contributed by atoms with Crippen molar-refractivity contribution in [1.82, 2.24) is 5.32 Å². The van der Waals surface area contributed by atoms with Gasteiger partial charge in [0, 0.05) is 0 Å². The summed E-state index contributed by atoms with van der Waals surface area (Å²) in [6.45, 7) is -0.514. The van der Waals surface area contributed by atoms with Crippen LogP contribution in [0.4, 0.5) is 4.39 Å².